The van der Waals surface area contributed by atoms with E-state index in [1.807, 2.05) is 17.0 Å². The first-order chi connectivity index (χ1) is 13.6. The van der Waals surface area contributed by atoms with Crippen molar-refractivity contribution in [1.82, 2.24) is 4.90 Å². The first-order valence-corrected chi connectivity index (χ1v) is 9.41. The van der Waals surface area contributed by atoms with Crippen LogP contribution in [-0.4, -0.2) is 36.3 Å². The smallest absolute Gasteiger partial charge is 0.337 e. The quantitative estimate of drug-likeness (QED) is 0.830. The lowest BCUT2D eigenvalue weighted by Crippen LogP contribution is -2.37. The maximum Gasteiger partial charge on any atom is 0.337 e. The van der Waals surface area contributed by atoms with Crippen LogP contribution in [0, 0.1) is 11.8 Å². The molecule has 1 aliphatic heterocycles. The van der Waals surface area contributed by atoms with Crippen LogP contribution < -0.4 is 5.32 Å². The summed E-state index contributed by atoms with van der Waals surface area (Å²) in [5.74, 6) is -1.03. The van der Waals surface area contributed by atoms with Gasteiger partial charge in [-0.3, -0.25) is 9.59 Å². The van der Waals surface area contributed by atoms with E-state index < -0.39 is 5.97 Å². The molecule has 1 N–H and O–H groups in total. The van der Waals surface area contributed by atoms with E-state index in [2.05, 4.69) is 22.2 Å². The number of hydrogen-bond acceptors (Lipinski definition) is 4. The summed E-state index contributed by atoms with van der Waals surface area (Å²) in [6, 6.07) is 14.7. The van der Waals surface area contributed by atoms with Crippen LogP contribution >= 0.6 is 0 Å². The van der Waals surface area contributed by atoms with Crippen LogP contribution in [0.4, 0.5) is 5.69 Å². The van der Waals surface area contributed by atoms with E-state index in [-0.39, 0.29) is 23.7 Å². The molecule has 1 fully saturated rings. The third-order valence-electron chi connectivity index (χ3n) is 5.46. The fourth-order valence-corrected chi connectivity index (χ4v) is 3.72. The van der Waals surface area contributed by atoms with Crippen molar-refractivity contribution in [3.8, 4) is 0 Å². The normalized spacial score (nSPS) is 20.1. The zero-order chi connectivity index (χ0) is 19.7. The van der Waals surface area contributed by atoms with E-state index in [9.17, 15) is 14.4 Å². The van der Waals surface area contributed by atoms with Crippen molar-refractivity contribution in [2.24, 2.45) is 11.8 Å². The molecule has 1 saturated carbocycles. The van der Waals surface area contributed by atoms with Crippen LogP contribution in [0.3, 0.4) is 0 Å². The number of nitrogens with one attached hydrogen (secondary N) is 1. The van der Waals surface area contributed by atoms with Gasteiger partial charge in [-0.25, -0.2) is 4.79 Å². The molecular weight excluding hydrogens is 356 g/mol. The molecule has 0 aromatic heterocycles. The lowest BCUT2D eigenvalue weighted by molar-refractivity contribution is -0.135. The van der Waals surface area contributed by atoms with Crippen molar-refractivity contribution < 1.29 is 19.1 Å². The number of rotatable bonds is 4. The standard InChI is InChI=1S/C22H22N2O4/c1-28-22(27)15-6-8-17(9-7-15)23-20(25)18-12-19(18)21(26)24-11-10-14-4-2-3-5-16(14)13-24/h2-9,18-19H,10-13H2,1H3,(H,23,25). The average molecular weight is 378 g/mol. The maximum absolute atomic E-state index is 12.8. The third-order valence-corrected chi connectivity index (χ3v) is 5.46. The molecule has 1 aliphatic carbocycles. The van der Waals surface area contributed by atoms with E-state index in [0.29, 0.717) is 30.8 Å². The SMILES string of the molecule is COC(=O)c1ccc(NC(=O)C2CC2C(=O)N2CCc3ccccc3C2)cc1. The number of carbonyl (C=O) groups is 3. The molecule has 2 aromatic carbocycles. The van der Waals surface area contributed by atoms with E-state index in [4.69, 9.17) is 0 Å². The average Bonchev–Trinajstić information content (AvgIpc) is 3.54. The third kappa shape index (κ3) is 3.63. The second-order valence-corrected chi connectivity index (χ2v) is 7.29. The highest BCUT2D eigenvalue weighted by Crippen LogP contribution is 2.41. The van der Waals surface area contributed by atoms with Gasteiger partial charge in [0, 0.05) is 18.8 Å². The Hall–Kier alpha value is -3.15. The Kier molecular flexibility index (Phi) is 4.86. The van der Waals surface area contributed by atoms with Gasteiger partial charge in [-0.1, -0.05) is 24.3 Å². The number of hydrogen-bond donors (Lipinski definition) is 1. The Labute approximate surface area is 163 Å². The summed E-state index contributed by atoms with van der Waals surface area (Å²) in [6.07, 6.45) is 1.45. The highest BCUT2D eigenvalue weighted by molar-refractivity contribution is 6.00. The first kappa shape index (κ1) is 18.2. The molecule has 1 heterocycles. The van der Waals surface area contributed by atoms with Crippen molar-refractivity contribution in [2.45, 2.75) is 19.4 Å². The molecule has 2 unspecified atom stereocenters. The second-order valence-electron chi connectivity index (χ2n) is 7.29. The van der Waals surface area contributed by atoms with Crippen molar-refractivity contribution in [3.05, 3.63) is 65.2 Å². The zero-order valence-electron chi connectivity index (χ0n) is 15.7. The minimum atomic E-state index is -0.422. The molecule has 0 bridgehead atoms. The number of carbonyl (C=O) groups excluding carboxylic acids is 3. The van der Waals surface area contributed by atoms with Crippen LogP contribution in [0.25, 0.3) is 0 Å². The minimum Gasteiger partial charge on any atom is -0.465 e. The Morgan fingerprint density at radius 2 is 1.71 bits per heavy atom. The lowest BCUT2D eigenvalue weighted by atomic mass is 9.99. The van der Waals surface area contributed by atoms with Gasteiger partial charge >= 0.3 is 5.97 Å². The highest BCUT2D eigenvalue weighted by atomic mass is 16.5. The molecule has 4 rings (SSSR count). The number of amides is 2. The Balaban J connectivity index is 1.33. The van der Waals surface area contributed by atoms with Gasteiger partial charge in [-0.15, -0.1) is 0 Å². The summed E-state index contributed by atoms with van der Waals surface area (Å²) < 4.78 is 4.66. The largest absolute Gasteiger partial charge is 0.465 e. The summed E-state index contributed by atoms with van der Waals surface area (Å²) >= 11 is 0. The molecule has 6 nitrogen and oxygen atoms in total. The van der Waals surface area contributed by atoms with Gasteiger partial charge in [0.1, 0.15) is 0 Å². The van der Waals surface area contributed by atoms with Gasteiger partial charge in [0.25, 0.3) is 0 Å². The Morgan fingerprint density at radius 3 is 2.43 bits per heavy atom. The first-order valence-electron chi connectivity index (χ1n) is 9.41. The van der Waals surface area contributed by atoms with Crippen LogP contribution in [0.2, 0.25) is 0 Å². The molecular formula is C22H22N2O4. The fraction of sp³-hybridized carbons (Fsp3) is 0.318. The molecule has 2 atom stereocenters. The highest BCUT2D eigenvalue weighted by Gasteiger charge is 2.49. The number of methoxy groups -OCH3 is 1. The van der Waals surface area contributed by atoms with Crippen molar-refractivity contribution in [1.29, 1.82) is 0 Å². The van der Waals surface area contributed by atoms with Crippen LogP contribution in [-0.2, 0) is 27.3 Å². The molecule has 2 aliphatic rings. The van der Waals surface area contributed by atoms with E-state index in [0.717, 1.165) is 6.42 Å². The molecule has 0 radical (unpaired) electrons. The summed E-state index contributed by atoms with van der Waals surface area (Å²) in [5, 5.41) is 2.83. The van der Waals surface area contributed by atoms with E-state index in [1.165, 1.54) is 18.2 Å². The lowest BCUT2D eigenvalue weighted by Gasteiger charge is -2.29. The predicted octanol–water partition coefficient (Wildman–Crippen LogP) is 2.63. The summed E-state index contributed by atoms with van der Waals surface area (Å²) in [6.45, 7) is 1.32. The minimum absolute atomic E-state index is 0.0655. The molecule has 6 heteroatoms. The molecule has 2 aromatic rings. The summed E-state index contributed by atoms with van der Waals surface area (Å²) in [5.41, 5.74) is 3.51. The molecule has 28 heavy (non-hydrogen) atoms. The van der Waals surface area contributed by atoms with Gasteiger partial charge in [0.2, 0.25) is 11.8 Å². The van der Waals surface area contributed by atoms with Crippen LogP contribution in [0.15, 0.2) is 48.5 Å². The van der Waals surface area contributed by atoms with Crippen LogP contribution in [0.1, 0.15) is 27.9 Å². The summed E-state index contributed by atoms with van der Waals surface area (Å²) in [4.78, 5) is 38.6. The van der Waals surface area contributed by atoms with Gasteiger partial charge in [0.15, 0.2) is 0 Å². The molecule has 0 spiro atoms. The number of fused-ring (bicyclic) bond motifs is 1. The maximum atomic E-state index is 12.8. The van der Waals surface area contributed by atoms with Gasteiger partial charge in [-0.2, -0.15) is 0 Å². The fourth-order valence-electron chi connectivity index (χ4n) is 3.72. The second kappa shape index (κ2) is 7.46. The Morgan fingerprint density at radius 1 is 1.00 bits per heavy atom. The van der Waals surface area contributed by atoms with Crippen molar-refractivity contribution >= 4 is 23.5 Å². The van der Waals surface area contributed by atoms with E-state index >= 15 is 0 Å². The number of anilines is 1. The monoisotopic (exact) mass is 378 g/mol. The van der Waals surface area contributed by atoms with Crippen molar-refractivity contribution in [2.75, 3.05) is 19.0 Å². The van der Waals surface area contributed by atoms with Gasteiger partial charge < -0.3 is 15.0 Å². The number of nitrogens with zero attached hydrogens (tertiary/aromatic N) is 1. The number of benzene rings is 2. The van der Waals surface area contributed by atoms with Gasteiger partial charge in [-0.05, 0) is 48.2 Å². The van der Waals surface area contributed by atoms with Gasteiger partial charge in [0.05, 0.1) is 24.5 Å². The molecule has 144 valence electrons. The van der Waals surface area contributed by atoms with Crippen molar-refractivity contribution in [3.63, 3.8) is 0 Å². The predicted molar refractivity (Wildman–Crippen MR) is 104 cm³/mol. The molecule has 2 amide bonds. The number of ether oxygens (including phenoxy) is 1. The number of esters is 1. The summed E-state index contributed by atoms with van der Waals surface area (Å²) in [7, 11) is 1.32. The van der Waals surface area contributed by atoms with Crippen LogP contribution in [0.5, 0.6) is 0 Å². The zero-order valence-corrected chi connectivity index (χ0v) is 15.7. The Bertz CT molecular complexity index is 922. The van der Waals surface area contributed by atoms with E-state index in [1.54, 1.807) is 24.3 Å². The topological polar surface area (TPSA) is 75.7 Å². The molecule has 0 saturated heterocycles.